The number of benzene rings is 1. The second kappa shape index (κ2) is 9.02. The Morgan fingerprint density at radius 3 is 2.69 bits per heavy atom. The summed E-state index contributed by atoms with van der Waals surface area (Å²) in [5, 5.41) is 12.4. The van der Waals surface area contributed by atoms with Crippen LogP contribution in [0.15, 0.2) is 24.4 Å². The van der Waals surface area contributed by atoms with E-state index in [9.17, 15) is 14.7 Å². The Balaban J connectivity index is 1.72. The normalized spacial score (nSPS) is 19.0. The van der Waals surface area contributed by atoms with E-state index in [0.717, 1.165) is 31.5 Å². The quantitative estimate of drug-likeness (QED) is 0.699. The van der Waals surface area contributed by atoms with Gasteiger partial charge in [0.05, 0.1) is 24.6 Å². The predicted octanol–water partition coefficient (Wildman–Crippen LogP) is 3.82. The molecule has 1 saturated carbocycles. The highest BCUT2D eigenvalue weighted by atomic mass is 16.5. The minimum atomic E-state index is -1.03. The second-order valence-electron chi connectivity index (χ2n) is 8.27. The number of ether oxygens (including phenoxy) is 1. The van der Waals surface area contributed by atoms with E-state index in [2.05, 4.69) is 15.2 Å². The van der Waals surface area contributed by atoms with Crippen molar-refractivity contribution < 1.29 is 19.4 Å². The van der Waals surface area contributed by atoms with Crippen LogP contribution in [0.1, 0.15) is 55.8 Å². The molecule has 1 aliphatic carbocycles. The molecule has 170 valence electrons. The molecule has 2 aliphatic rings. The largest absolute Gasteiger partial charge is 0.495 e. The van der Waals surface area contributed by atoms with E-state index in [4.69, 9.17) is 9.72 Å². The molecular formula is C23H29N5O4. The van der Waals surface area contributed by atoms with Gasteiger partial charge in [-0.3, -0.25) is 4.79 Å². The lowest BCUT2D eigenvalue weighted by molar-refractivity contribution is -0.120. The molecule has 1 aromatic heterocycles. The lowest BCUT2D eigenvalue weighted by Crippen LogP contribution is -2.56. The highest BCUT2D eigenvalue weighted by Gasteiger charge is 2.40. The fraction of sp³-hybridized carbons (Fsp3) is 0.478. The van der Waals surface area contributed by atoms with Gasteiger partial charge in [0.2, 0.25) is 11.9 Å². The zero-order chi connectivity index (χ0) is 22.8. The van der Waals surface area contributed by atoms with Gasteiger partial charge in [0.15, 0.2) is 5.82 Å². The first kappa shape index (κ1) is 21.9. The highest BCUT2D eigenvalue weighted by Crippen LogP contribution is 2.40. The first-order valence-corrected chi connectivity index (χ1v) is 11.1. The van der Waals surface area contributed by atoms with Gasteiger partial charge >= 0.3 is 5.97 Å². The van der Waals surface area contributed by atoms with Crippen LogP contribution in [0.4, 0.5) is 23.1 Å². The average Bonchev–Trinajstić information content (AvgIpc) is 2.81. The molecule has 0 radical (unpaired) electrons. The van der Waals surface area contributed by atoms with Gasteiger partial charge in [0.1, 0.15) is 17.5 Å². The van der Waals surface area contributed by atoms with Crippen molar-refractivity contribution in [3.8, 4) is 5.75 Å². The Hall–Kier alpha value is -3.36. The number of anilines is 4. The topological polar surface area (TPSA) is 108 Å². The zero-order valence-corrected chi connectivity index (χ0v) is 18.7. The van der Waals surface area contributed by atoms with Crippen LogP contribution < -0.4 is 19.9 Å². The summed E-state index contributed by atoms with van der Waals surface area (Å²) in [6, 6.07) is 4.62. The number of nitrogens with zero attached hydrogens (tertiary/aromatic N) is 4. The molecule has 0 spiro atoms. The van der Waals surface area contributed by atoms with Crippen LogP contribution in [0.2, 0.25) is 0 Å². The van der Waals surface area contributed by atoms with Crippen LogP contribution in [-0.2, 0) is 4.79 Å². The Kier molecular flexibility index (Phi) is 6.16. The number of likely N-dealkylation sites (N-methyl/N-ethyl adjacent to an activating group) is 1. The molecule has 9 heteroatoms. The van der Waals surface area contributed by atoms with Crippen molar-refractivity contribution in [2.45, 2.75) is 57.5 Å². The van der Waals surface area contributed by atoms with Crippen molar-refractivity contribution in [1.29, 1.82) is 0 Å². The molecule has 0 bridgehead atoms. The van der Waals surface area contributed by atoms with Crippen molar-refractivity contribution in [2.24, 2.45) is 0 Å². The number of carboxylic acid groups (broad SMARTS) is 1. The van der Waals surface area contributed by atoms with E-state index < -0.39 is 5.97 Å². The summed E-state index contributed by atoms with van der Waals surface area (Å²) in [5.74, 6) is 0.546. The van der Waals surface area contributed by atoms with Crippen molar-refractivity contribution in [2.75, 3.05) is 29.3 Å². The summed E-state index contributed by atoms with van der Waals surface area (Å²) in [6.45, 7) is 2.03. The molecule has 4 rings (SSSR count). The number of carbonyl (C=O) groups excluding carboxylic acids is 1. The molecule has 9 nitrogen and oxygen atoms in total. The Bertz CT molecular complexity index is 1020. The van der Waals surface area contributed by atoms with Gasteiger partial charge < -0.3 is 25.0 Å². The van der Waals surface area contributed by atoms with E-state index in [-0.39, 0.29) is 23.6 Å². The molecule has 32 heavy (non-hydrogen) atoms. The van der Waals surface area contributed by atoms with E-state index in [1.807, 2.05) is 6.92 Å². The van der Waals surface area contributed by atoms with E-state index in [1.54, 1.807) is 24.2 Å². The third kappa shape index (κ3) is 3.94. The first-order valence-electron chi connectivity index (χ1n) is 11.1. The first-order chi connectivity index (χ1) is 15.4. The van der Waals surface area contributed by atoms with Crippen molar-refractivity contribution in [3.05, 3.63) is 30.0 Å². The molecule has 0 saturated heterocycles. The molecule has 2 aromatic rings. The highest BCUT2D eigenvalue weighted by molar-refractivity contribution is 6.04. The van der Waals surface area contributed by atoms with Crippen LogP contribution in [0.5, 0.6) is 5.75 Å². The number of amides is 1. The van der Waals surface area contributed by atoms with E-state index >= 15 is 0 Å². The smallest absolute Gasteiger partial charge is 0.335 e. The maximum atomic E-state index is 13.1. The molecule has 1 unspecified atom stereocenters. The van der Waals surface area contributed by atoms with Crippen LogP contribution in [0.3, 0.4) is 0 Å². The number of carbonyl (C=O) groups is 2. The third-order valence-corrected chi connectivity index (χ3v) is 6.36. The van der Waals surface area contributed by atoms with Gasteiger partial charge in [-0.2, -0.15) is 4.98 Å². The fourth-order valence-electron chi connectivity index (χ4n) is 4.67. The lowest BCUT2D eigenvalue weighted by atomic mass is 9.91. The summed E-state index contributed by atoms with van der Waals surface area (Å²) in [4.78, 5) is 37.4. The molecule has 2 heterocycles. The van der Waals surface area contributed by atoms with Gasteiger partial charge in [-0.15, -0.1) is 0 Å². The average molecular weight is 440 g/mol. The van der Waals surface area contributed by atoms with E-state index in [0.29, 0.717) is 29.5 Å². The monoisotopic (exact) mass is 439 g/mol. The molecule has 1 fully saturated rings. The fourth-order valence-corrected chi connectivity index (χ4v) is 4.67. The van der Waals surface area contributed by atoms with Gasteiger partial charge in [-0.05, 0) is 37.5 Å². The Labute approximate surface area is 187 Å². The standard InChI is InChI=1S/C23H29N5O4/c1-4-17-21(29)27(2)18-13-24-23(26-20(18)28(17)15-8-6-5-7-9-15)25-16-11-10-14(22(30)31)12-19(16)32-3/h10-13,15,17H,4-9H2,1-3H3,(H,30,31)(H,24,25,26). The summed E-state index contributed by atoms with van der Waals surface area (Å²) >= 11 is 0. The Morgan fingerprint density at radius 1 is 1.28 bits per heavy atom. The molecule has 1 amide bonds. The van der Waals surface area contributed by atoms with Crippen LogP contribution in [-0.4, -0.2) is 53.2 Å². The van der Waals surface area contributed by atoms with Crippen LogP contribution >= 0.6 is 0 Å². The van der Waals surface area contributed by atoms with E-state index in [1.165, 1.54) is 25.7 Å². The van der Waals surface area contributed by atoms with Gasteiger partial charge in [-0.25, -0.2) is 9.78 Å². The predicted molar refractivity (Wildman–Crippen MR) is 122 cm³/mol. The van der Waals surface area contributed by atoms with Crippen LogP contribution in [0.25, 0.3) is 0 Å². The molecule has 1 aliphatic heterocycles. The number of methoxy groups -OCH3 is 1. The summed E-state index contributed by atoms with van der Waals surface area (Å²) in [7, 11) is 3.25. The van der Waals surface area contributed by atoms with Gasteiger partial charge in [-0.1, -0.05) is 26.2 Å². The number of aromatic nitrogens is 2. The minimum absolute atomic E-state index is 0.0702. The van der Waals surface area contributed by atoms with Crippen molar-refractivity contribution in [3.63, 3.8) is 0 Å². The van der Waals surface area contributed by atoms with Crippen LogP contribution in [0, 0.1) is 0 Å². The van der Waals surface area contributed by atoms with Gasteiger partial charge in [0.25, 0.3) is 0 Å². The molecule has 1 aromatic carbocycles. The zero-order valence-electron chi connectivity index (χ0n) is 18.7. The lowest BCUT2D eigenvalue weighted by Gasteiger charge is -2.45. The van der Waals surface area contributed by atoms with Crippen molar-refractivity contribution in [1.82, 2.24) is 9.97 Å². The maximum Gasteiger partial charge on any atom is 0.335 e. The second-order valence-corrected chi connectivity index (χ2v) is 8.27. The number of aromatic carboxylic acids is 1. The maximum absolute atomic E-state index is 13.1. The summed E-state index contributed by atoms with van der Waals surface area (Å²) in [6.07, 6.45) is 8.00. The molecule has 2 N–H and O–H groups in total. The summed E-state index contributed by atoms with van der Waals surface area (Å²) < 4.78 is 5.36. The summed E-state index contributed by atoms with van der Waals surface area (Å²) in [5.41, 5.74) is 1.39. The number of hydrogen-bond donors (Lipinski definition) is 2. The van der Waals surface area contributed by atoms with Gasteiger partial charge in [0, 0.05) is 13.1 Å². The third-order valence-electron chi connectivity index (χ3n) is 6.36. The Morgan fingerprint density at radius 2 is 2.03 bits per heavy atom. The SMILES string of the molecule is CCC1C(=O)N(C)c2cnc(Nc3ccc(C(=O)O)cc3OC)nc2N1C1CCCCC1. The minimum Gasteiger partial charge on any atom is -0.495 e. The number of nitrogens with one attached hydrogen (secondary N) is 1. The molecule has 1 atom stereocenters. The number of hydrogen-bond acceptors (Lipinski definition) is 7. The number of carboxylic acids is 1. The number of rotatable bonds is 6. The number of fused-ring (bicyclic) bond motifs is 1. The molecular weight excluding hydrogens is 410 g/mol. The van der Waals surface area contributed by atoms with Crippen molar-refractivity contribution >= 4 is 35.0 Å².